The summed E-state index contributed by atoms with van der Waals surface area (Å²) >= 11 is 0. The van der Waals surface area contributed by atoms with E-state index in [1.807, 2.05) is 30.3 Å². The van der Waals surface area contributed by atoms with Gasteiger partial charge < -0.3 is 10.5 Å². The van der Waals surface area contributed by atoms with Gasteiger partial charge in [-0.3, -0.25) is 14.8 Å². The van der Waals surface area contributed by atoms with E-state index in [0.717, 1.165) is 5.56 Å². The number of esters is 1. The molecule has 1 aromatic carbocycles. The molecular weight excluding hydrogens is 260 g/mol. The Bertz CT molecular complexity index is 386. The van der Waals surface area contributed by atoms with E-state index in [9.17, 15) is 9.59 Å². The largest absolute Gasteiger partial charge is 0.461 e. The highest BCUT2D eigenvalue weighted by Gasteiger charge is 2.17. The van der Waals surface area contributed by atoms with Crippen molar-refractivity contribution in [2.45, 2.75) is 19.1 Å². The molecule has 6 nitrogen and oxygen atoms in total. The molecule has 1 atom stereocenters. The maximum Gasteiger partial charge on any atom is 0.308 e. The molecule has 0 bridgehead atoms. The van der Waals surface area contributed by atoms with E-state index < -0.39 is 17.9 Å². The lowest BCUT2D eigenvalue weighted by atomic mass is 10.2. The minimum atomic E-state index is -1.11. The molecule has 0 radical (unpaired) electrons. The van der Waals surface area contributed by atoms with Gasteiger partial charge in [-0.05, 0) is 5.56 Å². The summed E-state index contributed by atoms with van der Waals surface area (Å²) < 4.78 is 4.91. The van der Waals surface area contributed by atoms with Crippen molar-refractivity contribution in [3.05, 3.63) is 35.9 Å². The van der Waals surface area contributed by atoms with Gasteiger partial charge in [0.1, 0.15) is 6.61 Å². The topological polar surface area (TPSA) is 102 Å². The van der Waals surface area contributed by atoms with Gasteiger partial charge in [0.05, 0.1) is 12.5 Å². The van der Waals surface area contributed by atoms with E-state index in [0.29, 0.717) is 0 Å². The number of ether oxygens (including phenoxy) is 1. The van der Waals surface area contributed by atoms with Gasteiger partial charge in [-0.2, -0.15) is 0 Å². The van der Waals surface area contributed by atoms with Crippen LogP contribution in [0.3, 0.4) is 0 Å². The Morgan fingerprint density at radius 2 is 1.94 bits per heavy atom. The van der Waals surface area contributed by atoms with Gasteiger partial charge in [0, 0.05) is 0 Å². The SMILES string of the molecule is Cl.N[C@@H](CC(=O)OCc1ccccc1)C(=O)NO. The second kappa shape index (κ2) is 8.46. The molecule has 0 saturated carbocycles. The van der Waals surface area contributed by atoms with Crippen LogP contribution >= 0.6 is 12.4 Å². The molecule has 4 N–H and O–H groups in total. The summed E-state index contributed by atoms with van der Waals surface area (Å²) in [4.78, 5) is 22.1. The molecule has 0 aromatic heterocycles. The van der Waals surface area contributed by atoms with Crippen LogP contribution in [0.1, 0.15) is 12.0 Å². The minimum absolute atomic E-state index is 0. The Balaban J connectivity index is 0.00000289. The number of hydrogen-bond acceptors (Lipinski definition) is 5. The molecule has 0 heterocycles. The zero-order valence-electron chi connectivity index (χ0n) is 9.54. The first-order valence-electron chi connectivity index (χ1n) is 5.02. The molecule has 0 aliphatic carbocycles. The number of nitrogens with two attached hydrogens (primary N) is 1. The van der Waals surface area contributed by atoms with Crippen molar-refractivity contribution in [1.29, 1.82) is 0 Å². The molecule has 0 aliphatic rings. The predicted molar refractivity (Wildman–Crippen MR) is 66.0 cm³/mol. The van der Waals surface area contributed by atoms with E-state index in [1.165, 1.54) is 5.48 Å². The second-order valence-corrected chi connectivity index (χ2v) is 3.43. The first-order valence-corrected chi connectivity index (χ1v) is 5.02. The van der Waals surface area contributed by atoms with Crippen LogP contribution in [0.5, 0.6) is 0 Å². The normalized spacial score (nSPS) is 11.0. The number of halogens is 1. The highest BCUT2D eigenvalue weighted by atomic mass is 35.5. The van der Waals surface area contributed by atoms with Gasteiger partial charge in [-0.1, -0.05) is 30.3 Å². The zero-order chi connectivity index (χ0) is 12.7. The lowest BCUT2D eigenvalue weighted by Crippen LogP contribution is -2.40. The summed E-state index contributed by atoms with van der Waals surface area (Å²) in [5.74, 6) is -1.41. The minimum Gasteiger partial charge on any atom is -0.461 e. The van der Waals surface area contributed by atoms with Gasteiger partial charge in [0.2, 0.25) is 0 Å². The van der Waals surface area contributed by atoms with Gasteiger partial charge in [0.15, 0.2) is 0 Å². The summed E-state index contributed by atoms with van der Waals surface area (Å²) in [6.07, 6.45) is -0.279. The summed E-state index contributed by atoms with van der Waals surface area (Å²) in [6.45, 7) is 0.132. The molecular formula is C11H15ClN2O4. The fourth-order valence-electron chi connectivity index (χ4n) is 1.15. The predicted octanol–water partition coefficient (Wildman–Crippen LogP) is 0.374. The van der Waals surface area contributed by atoms with Crippen molar-refractivity contribution in [3.63, 3.8) is 0 Å². The van der Waals surface area contributed by atoms with Crippen molar-refractivity contribution in [3.8, 4) is 0 Å². The van der Waals surface area contributed by atoms with Crippen molar-refractivity contribution in [2.75, 3.05) is 0 Å². The molecule has 1 aromatic rings. The summed E-state index contributed by atoms with van der Waals surface area (Å²) in [6, 6.07) is 8.03. The average molecular weight is 275 g/mol. The maximum absolute atomic E-state index is 11.3. The Morgan fingerprint density at radius 3 is 2.50 bits per heavy atom. The highest BCUT2D eigenvalue weighted by molar-refractivity contribution is 5.85. The van der Waals surface area contributed by atoms with Crippen molar-refractivity contribution >= 4 is 24.3 Å². The second-order valence-electron chi connectivity index (χ2n) is 3.43. The van der Waals surface area contributed by atoms with Crippen LogP contribution in [0.25, 0.3) is 0 Å². The van der Waals surface area contributed by atoms with E-state index in [4.69, 9.17) is 15.7 Å². The molecule has 0 unspecified atom stereocenters. The lowest BCUT2D eigenvalue weighted by molar-refractivity contribution is -0.147. The molecule has 1 rings (SSSR count). The number of nitrogens with one attached hydrogen (secondary N) is 1. The summed E-state index contributed by atoms with van der Waals surface area (Å²) in [5.41, 5.74) is 7.55. The average Bonchev–Trinajstić information content (AvgIpc) is 2.36. The third-order valence-electron chi connectivity index (χ3n) is 2.08. The Hall–Kier alpha value is -1.63. The van der Waals surface area contributed by atoms with Crippen molar-refractivity contribution < 1.29 is 19.5 Å². The smallest absolute Gasteiger partial charge is 0.308 e. The molecule has 0 saturated heterocycles. The molecule has 0 spiro atoms. The van der Waals surface area contributed by atoms with E-state index in [-0.39, 0.29) is 25.4 Å². The van der Waals surface area contributed by atoms with Crippen LogP contribution in [-0.4, -0.2) is 23.1 Å². The summed E-state index contributed by atoms with van der Waals surface area (Å²) in [5, 5.41) is 8.29. The van der Waals surface area contributed by atoms with Gasteiger partial charge in [-0.25, -0.2) is 5.48 Å². The van der Waals surface area contributed by atoms with Crippen LogP contribution in [0, 0.1) is 0 Å². The van der Waals surface area contributed by atoms with Crippen molar-refractivity contribution in [2.24, 2.45) is 5.73 Å². The number of amides is 1. The molecule has 0 fully saturated rings. The first-order chi connectivity index (χ1) is 8.13. The number of carbonyl (C=O) groups excluding carboxylic acids is 2. The third kappa shape index (κ3) is 5.62. The molecule has 18 heavy (non-hydrogen) atoms. The Kier molecular flexibility index (Phi) is 7.69. The van der Waals surface area contributed by atoms with Gasteiger partial charge in [0.25, 0.3) is 5.91 Å². The fourth-order valence-corrected chi connectivity index (χ4v) is 1.15. The van der Waals surface area contributed by atoms with Crippen molar-refractivity contribution in [1.82, 2.24) is 5.48 Å². The molecule has 1 amide bonds. The van der Waals surface area contributed by atoms with E-state index in [1.54, 1.807) is 0 Å². The van der Waals surface area contributed by atoms with Crippen LogP contribution in [0.2, 0.25) is 0 Å². The van der Waals surface area contributed by atoms with Crippen LogP contribution in [0.15, 0.2) is 30.3 Å². The van der Waals surface area contributed by atoms with Gasteiger partial charge in [-0.15, -0.1) is 12.4 Å². The third-order valence-corrected chi connectivity index (χ3v) is 2.08. The maximum atomic E-state index is 11.3. The Labute approximate surface area is 110 Å². The zero-order valence-corrected chi connectivity index (χ0v) is 10.4. The number of rotatable bonds is 5. The fraction of sp³-hybridized carbons (Fsp3) is 0.273. The quantitative estimate of drug-likeness (QED) is 0.409. The van der Waals surface area contributed by atoms with E-state index >= 15 is 0 Å². The standard InChI is InChI=1S/C11H14N2O4.ClH/c12-9(11(15)13-16)6-10(14)17-7-8-4-2-1-3-5-8;/h1-5,9,16H,6-7,12H2,(H,13,15);1H/t9-;/m0./s1. The molecule has 100 valence electrons. The number of carbonyl (C=O) groups is 2. The highest BCUT2D eigenvalue weighted by Crippen LogP contribution is 2.02. The van der Waals surface area contributed by atoms with Crippen LogP contribution in [-0.2, 0) is 20.9 Å². The summed E-state index contributed by atoms with van der Waals surface area (Å²) in [7, 11) is 0. The van der Waals surface area contributed by atoms with E-state index in [2.05, 4.69) is 0 Å². The first kappa shape index (κ1) is 16.4. The van der Waals surface area contributed by atoms with Crippen LogP contribution < -0.4 is 11.2 Å². The van der Waals surface area contributed by atoms with Crippen LogP contribution in [0.4, 0.5) is 0 Å². The molecule has 7 heteroatoms. The number of hydrogen-bond donors (Lipinski definition) is 3. The van der Waals surface area contributed by atoms with Gasteiger partial charge >= 0.3 is 5.97 Å². The molecule has 0 aliphatic heterocycles. The Morgan fingerprint density at radius 1 is 1.33 bits per heavy atom. The lowest BCUT2D eigenvalue weighted by Gasteiger charge is -2.09. The monoisotopic (exact) mass is 274 g/mol. The number of hydroxylamine groups is 1. The number of benzene rings is 1.